The number of hydrazone groups is 1. The van der Waals surface area contributed by atoms with E-state index in [4.69, 9.17) is 4.74 Å². The van der Waals surface area contributed by atoms with Crippen LogP contribution >= 0.6 is 0 Å². The first-order valence-electron chi connectivity index (χ1n) is 6.99. The van der Waals surface area contributed by atoms with Gasteiger partial charge in [0.05, 0.1) is 13.3 Å². The number of methoxy groups -OCH3 is 1. The fourth-order valence-corrected chi connectivity index (χ4v) is 1.93. The summed E-state index contributed by atoms with van der Waals surface area (Å²) in [5.41, 5.74) is 4.62. The molecule has 0 unspecified atom stereocenters. The Hall–Kier alpha value is -3.02. The van der Waals surface area contributed by atoms with E-state index in [1.54, 1.807) is 24.3 Å². The standard InChI is InChI=1S/C17H19N3O3/c1-20(2)14-7-5-13(6-8-14)17(22)19-18-11-12-4-9-16(23-3)15(21)10-12/h4-11,21H,1-3H3,(H,19,22). The number of benzene rings is 2. The van der Waals surface area contributed by atoms with Crippen LogP contribution in [0.4, 0.5) is 5.69 Å². The molecular weight excluding hydrogens is 294 g/mol. The summed E-state index contributed by atoms with van der Waals surface area (Å²) < 4.78 is 4.96. The molecule has 0 saturated carbocycles. The number of phenolic OH excluding ortho intramolecular Hbond substituents is 1. The Bertz CT molecular complexity index is 710. The predicted molar refractivity (Wildman–Crippen MR) is 90.5 cm³/mol. The maximum atomic E-state index is 12.0. The number of aromatic hydroxyl groups is 1. The van der Waals surface area contributed by atoms with E-state index in [9.17, 15) is 9.90 Å². The second-order valence-corrected chi connectivity index (χ2v) is 5.07. The number of rotatable bonds is 5. The molecule has 0 bridgehead atoms. The molecule has 0 spiro atoms. The average Bonchev–Trinajstić information content (AvgIpc) is 2.55. The van der Waals surface area contributed by atoms with E-state index in [0.717, 1.165) is 5.69 Å². The van der Waals surface area contributed by atoms with Crippen LogP contribution in [-0.2, 0) is 0 Å². The minimum absolute atomic E-state index is 0.0158. The molecule has 0 aliphatic heterocycles. The van der Waals surface area contributed by atoms with E-state index in [1.165, 1.54) is 19.4 Å². The summed E-state index contributed by atoms with van der Waals surface area (Å²) >= 11 is 0. The number of carbonyl (C=O) groups excluding carboxylic acids is 1. The number of nitrogens with zero attached hydrogens (tertiary/aromatic N) is 2. The topological polar surface area (TPSA) is 74.2 Å². The minimum Gasteiger partial charge on any atom is -0.504 e. The van der Waals surface area contributed by atoms with Crippen LogP contribution in [-0.4, -0.2) is 38.4 Å². The van der Waals surface area contributed by atoms with Crippen LogP contribution in [0.3, 0.4) is 0 Å². The van der Waals surface area contributed by atoms with Gasteiger partial charge in [-0.2, -0.15) is 5.10 Å². The van der Waals surface area contributed by atoms with Crippen LogP contribution in [0.25, 0.3) is 0 Å². The van der Waals surface area contributed by atoms with Gasteiger partial charge in [0.2, 0.25) is 0 Å². The molecule has 0 fully saturated rings. The van der Waals surface area contributed by atoms with E-state index in [0.29, 0.717) is 16.9 Å². The zero-order chi connectivity index (χ0) is 16.8. The number of hydrogen-bond acceptors (Lipinski definition) is 5. The Morgan fingerprint density at radius 1 is 1.22 bits per heavy atom. The van der Waals surface area contributed by atoms with Gasteiger partial charge in [0.1, 0.15) is 0 Å². The number of hydrogen-bond donors (Lipinski definition) is 2. The van der Waals surface area contributed by atoms with Gasteiger partial charge < -0.3 is 14.7 Å². The molecule has 0 aliphatic carbocycles. The SMILES string of the molecule is COc1ccc(C=NNC(=O)c2ccc(N(C)C)cc2)cc1O. The second-order valence-electron chi connectivity index (χ2n) is 5.07. The number of nitrogens with one attached hydrogen (secondary N) is 1. The lowest BCUT2D eigenvalue weighted by atomic mass is 10.2. The lowest BCUT2D eigenvalue weighted by molar-refractivity contribution is 0.0955. The summed E-state index contributed by atoms with van der Waals surface area (Å²) in [6, 6.07) is 12.0. The van der Waals surface area contributed by atoms with Gasteiger partial charge in [-0.15, -0.1) is 0 Å². The molecule has 0 radical (unpaired) electrons. The van der Waals surface area contributed by atoms with Crippen molar-refractivity contribution in [1.29, 1.82) is 0 Å². The summed E-state index contributed by atoms with van der Waals surface area (Å²) in [6.07, 6.45) is 1.45. The van der Waals surface area contributed by atoms with Crippen LogP contribution in [0, 0.1) is 0 Å². The number of ether oxygens (including phenoxy) is 1. The molecule has 6 heteroatoms. The van der Waals surface area contributed by atoms with Crippen molar-refractivity contribution >= 4 is 17.8 Å². The molecule has 0 saturated heterocycles. The fourth-order valence-electron chi connectivity index (χ4n) is 1.93. The minimum atomic E-state index is -0.302. The van der Waals surface area contributed by atoms with Gasteiger partial charge in [-0.25, -0.2) is 5.43 Å². The fraction of sp³-hybridized carbons (Fsp3) is 0.176. The number of anilines is 1. The number of amides is 1. The van der Waals surface area contributed by atoms with Crippen LogP contribution in [0.1, 0.15) is 15.9 Å². The molecule has 0 heterocycles. The Morgan fingerprint density at radius 3 is 2.48 bits per heavy atom. The van der Waals surface area contributed by atoms with Gasteiger partial charge in [0.25, 0.3) is 5.91 Å². The largest absolute Gasteiger partial charge is 0.504 e. The van der Waals surface area contributed by atoms with Gasteiger partial charge in [-0.1, -0.05) is 0 Å². The first-order chi connectivity index (χ1) is 11.0. The number of carbonyl (C=O) groups is 1. The third-order valence-electron chi connectivity index (χ3n) is 3.23. The third-order valence-corrected chi connectivity index (χ3v) is 3.23. The van der Waals surface area contributed by atoms with E-state index in [2.05, 4.69) is 10.5 Å². The highest BCUT2D eigenvalue weighted by atomic mass is 16.5. The Morgan fingerprint density at radius 2 is 1.91 bits per heavy atom. The highest BCUT2D eigenvalue weighted by Crippen LogP contribution is 2.25. The van der Waals surface area contributed by atoms with E-state index in [-0.39, 0.29) is 11.7 Å². The van der Waals surface area contributed by atoms with E-state index < -0.39 is 0 Å². The first-order valence-corrected chi connectivity index (χ1v) is 6.99. The summed E-state index contributed by atoms with van der Waals surface area (Å²) in [5.74, 6) is 0.0958. The molecule has 2 N–H and O–H groups in total. The molecule has 23 heavy (non-hydrogen) atoms. The molecule has 2 aromatic rings. The molecule has 0 aromatic heterocycles. The summed E-state index contributed by atoms with van der Waals surface area (Å²) in [6.45, 7) is 0. The van der Waals surface area contributed by atoms with Crippen molar-refractivity contribution in [2.75, 3.05) is 26.1 Å². The van der Waals surface area contributed by atoms with Crippen LogP contribution < -0.4 is 15.1 Å². The zero-order valence-corrected chi connectivity index (χ0v) is 13.3. The molecule has 120 valence electrons. The highest BCUT2D eigenvalue weighted by molar-refractivity contribution is 5.95. The average molecular weight is 313 g/mol. The van der Waals surface area contributed by atoms with E-state index in [1.807, 2.05) is 31.1 Å². The zero-order valence-electron chi connectivity index (χ0n) is 13.3. The molecule has 2 aromatic carbocycles. The number of phenols is 1. The molecule has 0 atom stereocenters. The first kappa shape index (κ1) is 16.4. The Kier molecular flexibility index (Phi) is 5.19. The summed E-state index contributed by atoms with van der Waals surface area (Å²) in [7, 11) is 5.35. The Balaban J connectivity index is 1.99. The van der Waals surface area contributed by atoms with Crippen molar-refractivity contribution in [3.63, 3.8) is 0 Å². The van der Waals surface area contributed by atoms with Gasteiger partial charge in [-0.3, -0.25) is 4.79 Å². The van der Waals surface area contributed by atoms with Gasteiger partial charge in [0, 0.05) is 25.3 Å². The van der Waals surface area contributed by atoms with Crippen molar-refractivity contribution in [2.45, 2.75) is 0 Å². The predicted octanol–water partition coefficient (Wildman–Crippen LogP) is 2.23. The van der Waals surface area contributed by atoms with Crippen molar-refractivity contribution in [3.05, 3.63) is 53.6 Å². The molecule has 1 amide bonds. The van der Waals surface area contributed by atoms with E-state index >= 15 is 0 Å². The quantitative estimate of drug-likeness (QED) is 0.656. The normalized spacial score (nSPS) is 10.6. The van der Waals surface area contributed by atoms with Crippen molar-refractivity contribution < 1.29 is 14.6 Å². The molecular formula is C17H19N3O3. The van der Waals surface area contributed by atoms with Gasteiger partial charge >= 0.3 is 0 Å². The Labute approximate surface area is 135 Å². The summed E-state index contributed by atoms with van der Waals surface area (Å²) in [5, 5.41) is 13.6. The van der Waals surface area contributed by atoms with Gasteiger partial charge in [0.15, 0.2) is 11.5 Å². The van der Waals surface area contributed by atoms with Crippen molar-refractivity contribution in [2.24, 2.45) is 5.10 Å². The maximum absolute atomic E-state index is 12.0. The monoisotopic (exact) mass is 313 g/mol. The molecule has 6 nitrogen and oxygen atoms in total. The third kappa shape index (κ3) is 4.23. The molecule has 2 rings (SSSR count). The van der Waals surface area contributed by atoms with Crippen molar-refractivity contribution in [1.82, 2.24) is 5.43 Å². The molecule has 0 aliphatic rings. The lowest BCUT2D eigenvalue weighted by Crippen LogP contribution is -2.17. The highest BCUT2D eigenvalue weighted by Gasteiger charge is 2.05. The van der Waals surface area contributed by atoms with Crippen LogP contribution in [0.15, 0.2) is 47.6 Å². The van der Waals surface area contributed by atoms with Crippen molar-refractivity contribution in [3.8, 4) is 11.5 Å². The van der Waals surface area contributed by atoms with Gasteiger partial charge in [-0.05, 0) is 48.0 Å². The lowest BCUT2D eigenvalue weighted by Gasteiger charge is -2.12. The second kappa shape index (κ2) is 7.31. The van der Waals surface area contributed by atoms with Crippen LogP contribution in [0.5, 0.6) is 11.5 Å². The smallest absolute Gasteiger partial charge is 0.271 e. The summed E-state index contributed by atoms with van der Waals surface area (Å²) in [4.78, 5) is 13.9. The van der Waals surface area contributed by atoms with Crippen LogP contribution in [0.2, 0.25) is 0 Å². The maximum Gasteiger partial charge on any atom is 0.271 e.